The fraction of sp³-hybridized carbons (Fsp3) is 0.400. The molecule has 1 rings (SSSR count). The number of esters is 1. The Hall–Kier alpha value is -1.45. The molecular formula is C10H7BrF5NO3. The Kier molecular flexibility index (Phi) is 5.26. The number of rotatable bonds is 4. The van der Waals surface area contributed by atoms with Gasteiger partial charge in [0.05, 0.1) is 23.9 Å². The minimum atomic E-state index is -5.06. The predicted octanol–water partition coefficient (Wildman–Crippen LogP) is 3.60. The average Bonchev–Trinajstić information content (AvgIpc) is 2.34. The van der Waals surface area contributed by atoms with Crippen molar-refractivity contribution in [3.8, 4) is 5.88 Å². The largest absolute Gasteiger partial charge is 0.574 e. The minimum Gasteiger partial charge on any atom is -0.465 e. The predicted molar refractivity (Wildman–Crippen MR) is 59.8 cm³/mol. The molecule has 0 saturated carbocycles. The monoisotopic (exact) mass is 363 g/mol. The highest BCUT2D eigenvalue weighted by Gasteiger charge is 2.34. The summed E-state index contributed by atoms with van der Waals surface area (Å²) in [4.78, 5) is 14.7. The molecule has 4 nitrogen and oxygen atoms in total. The summed E-state index contributed by atoms with van der Waals surface area (Å²) in [5.41, 5.74) is -1.98. The zero-order chi connectivity index (χ0) is 15.5. The number of aromatic nitrogens is 1. The molecule has 0 atom stereocenters. The van der Waals surface area contributed by atoms with E-state index in [2.05, 4.69) is 30.4 Å². The Labute approximate surface area is 118 Å². The van der Waals surface area contributed by atoms with E-state index >= 15 is 0 Å². The normalized spacial score (nSPS) is 11.6. The van der Waals surface area contributed by atoms with Crippen molar-refractivity contribution >= 4 is 21.9 Å². The van der Waals surface area contributed by atoms with Gasteiger partial charge in [0, 0.05) is 11.4 Å². The number of hydrogen-bond donors (Lipinski definition) is 0. The lowest BCUT2D eigenvalue weighted by Crippen LogP contribution is -2.20. The second-order valence-electron chi connectivity index (χ2n) is 3.34. The maximum absolute atomic E-state index is 12.9. The highest BCUT2D eigenvalue weighted by Crippen LogP contribution is 2.32. The van der Waals surface area contributed by atoms with Crippen LogP contribution in [0, 0.1) is 0 Å². The smallest absolute Gasteiger partial charge is 0.465 e. The highest BCUT2D eigenvalue weighted by atomic mass is 79.9. The summed E-state index contributed by atoms with van der Waals surface area (Å²) < 4.78 is 69.9. The maximum atomic E-state index is 12.9. The molecule has 0 fully saturated rings. The van der Waals surface area contributed by atoms with Crippen molar-refractivity contribution < 1.29 is 36.2 Å². The number of hydrogen-bond acceptors (Lipinski definition) is 4. The second kappa shape index (κ2) is 6.33. The van der Waals surface area contributed by atoms with E-state index in [4.69, 9.17) is 0 Å². The van der Waals surface area contributed by atoms with E-state index in [0.717, 1.165) is 7.11 Å². The number of nitrogens with zero attached hydrogens (tertiary/aromatic N) is 1. The van der Waals surface area contributed by atoms with E-state index in [-0.39, 0.29) is 5.33 Å². The minimum absolute atomic E-state index is 0.286. The van der Waals surface area contributed by atoms with Gasteiger partial charge < -0.3 is 9.47 Å². The Morgan fingerprint density at radius 2 is 2.05 bits per heavy atom. The molecular weight excluding hydrogens is 357 g/mol. The van der Waals surface area contributed by atoms with Crippen LogP contribution < -0.4 is 4.74 Å². The van der Waals surface area contributed by atoms with Gasteiger partial charge >= 0.3 is 12.3 Å². The molecule has 112 valence electrons. The first-order valence-corrected chi connectivity index (χ1v) is 6.03. The standard InChI is InChI=1S/C10H7BrF5NO3/c1-19-9(18)4-2-6(20-10(14,15)16)17-5(3-11)7(4)8(12)13/h2,8H,3H2,1H3. The lowest BCUT2D eigenvalue weighted by molar-refractivity contribution is -0.276. The lowest BCUT2D eigenvalue weighted by Gasteiger charge is -2.14. The van der Waals surface area contributed by atoms with Crippen LogP contribution >= 0.6 is 15.9 Å². The van der Waals surface area contributed by atoms with Crippen LogP contribution in [-0.2, 0) is 10.1 Å². The van der Waals surface area contributed by atoms with Crippen molar-refractivity contribution in [3.63, 3.8) is 0 Å². The lowest BCUT2D eigenvalue weighted by atomic mass is 10.1. The van der Waals surface area contributed by atoms with E-state index in [1.54, 1.807) is 0 Å². The maximum Gasteiger partial charge on any atom is 0.574 e. The van der Waals surface area contributed by atoms with Crippen LogP contribution in [0.4, 0.5) is 22.0 Å². The van der Waals surface area contributed by atoms with Gasteiger partial charge in [0.1, 0.15) is 0 Å². The summed E-state index contributed by atoms with van der Waals surface area (Å²) in [5.74, 6) is -2.23. The molecule has 10 heteroatoms. The quantitative estimate of drug-likeness (QED) is 0.466. The zero-order valence-corrected chi connectivity index (χ0v) is 11.4. The summed E-state index contributed by atoms with van der Waals surface area (Å²) >= 11 is 2.81. The fourth-order valence-electron chi connectivity index (χ4n) is 1.38. The van der Waals surface area contributed by atoms with Gasteiger partial charge in [-0.15, -0.1) is 13.2 Å². The first-order valence-electron chi connectivity index (χ1n) is 4.91. The summed E-state index contributed by atoms with van der Waals surface area (Å²) in [7, 11) is 0.913. The van der Waals surface area contributed by atoms with Gasteiger partial charge in [-0.2, -0.15) is 0 Å². The molecule has 0 unspecified atom stereocenters. The van der Waals surface area contributed by atoms with Gasteiger partial charge in [-0.3, -0.25) is 0 Å². The molecule has 0 aliphatic rings. The third-order valence-electron chi connectivity index (χ3n) is 2.08. The van der Waals surface area contributed by atoms with Crippen LogP contribution in [-0.4, -0.2) is 24.4 Å². The summed E-state index contributed by atoms with van der Waals surface area (Å²) in [6, 6.07) is 0.465. The zero-order valence-electron chi connectivity index (χ0n) is 9.80. The summed E-state index contributed by atoms with van der Waals surface area (Å²) in [5, 5.41) is -0.286. The van der Waals surface area contributed by atoms with Gasteiger partial charge in [0.2, 0.25) is 5.88 Å². The van der Waals surface area contributed by atoms with Crippen molar-refractivity contribution in [2.24, 2.45) is 0 Å². The van der Waals surface area contributed by atoms with Crippen LogP contribution in [0.3, 0.4) is 0 Å². The molecule has 20 heavy (non-hydrogen) atoms. The van der Waals surface area contributed by atoms with E-state index in [1.807, 2.05) is 0 Å². The molecule has 1 aromatic heterocycles. The molecule has 0 saturated heterocycles. The molecule has 0 aromatic carbocycles. The number of halogens is 6. The van der Waals surface area contributed by atoms with Crippen LogP contribution in [0.5, 0.6) is 5.88 Å². The second-order valence-corrected chi connectivity index (χ2v) is 3.90. The van der Waals surface area contributed by atoms with E-state index < -0.39 is 41.5 Å². The Bertz CT molecular complexity index is 506. The van der Waals surface area contributed by atoms with Gasteiger partial charge in [0.15, 0.2) is 0 Å². The first-order chi connectivity index (χ1) is 9.19. The molecule has 1 heterocycles. The van der Waals surface area contributed by atoms with E-state index in [1.165, 1.54) is 0 Å². The topological polar surface area (TPSA) is 48.4 Å². The molecule has 0 amide bonds. The molecule has 0 aliphatic carbocycles. The summed E-state index contributed by atoms with van der Waals surface area (Å²) in [6.45, 7) is 0. The van der Waals surface area contributed by atoms with Crippen molar-refractivity contribution in [3.05, 3.63) is 22.9 Å². The van der Waals surface area contributed by atoms with Gasteiger partial charge in [0.25, 0.3) is 6.43 Å². The van der Waals surface area contributed by atoms with Crippen molar-refractivity contribution in [2.75, 3.05) is 7.11 Å². The van der Waals surface area contributed by atoms with E-state index in [0.29, 0.717) is 6.07 Å². The Balaban J connectivity index is 3.43. The van der Waals surface area contributed by atoms with Gasteiger partial charge in [-0.1, -0.05) is 15.9 Å². The molecule has 0 bridgehead atoms. The highest BCUT2D eigenvalue weighted by molar-refractivity contribution is 9.08. The van der Waals surface area contributed by atoms with E-state index in [9.17, 15) is 26.7 Å². The number of carbonyl (C=O) groups is 1. The SMILES string of the molecule is COC(=O)c1cc(OC(F)(F)F)nc(CBr)c1C(F)F. The Morgan fingerprint density at radius 1 is 1.45 bits per heavy atom. The van der Waals surface area contributed by atoms with Crippen molar-refractivity contribution in [2.45, 2.75) is 18.1 Å². The Morgan fingerprint density at radius 3 is 2.45 bits per heavy atom. The number of methoxy groups -OCH3 is 1. The molecule has 1 aromatic rings. The van der Waals surface area contributed by atoms with Crippen LogP contribution in [0.25, 0.3) is 0 Å². The molecule has 0 radical (unpaired) electrons. The first kappa shape index (κ1) is 16.6. The summed E-state index contributed by atoms with van der Waals surface area (Å²) in [6.07, 6.45) is -8.17. The number of alkyl halides is 6. The number of pyridine rings is 1. The molecule has 0 aliphatic heterocycles. The van der Waals surface area contributed by atoms with Crippen molar-refractivity contribution in [1.29, 1.82) is 0 Å². The third kappa shape index (κ3) is 4.02. The van der Waals surface area contributed by atoms with Crippen molar-refractivity contribution in [1.82, 2.24) is 4.98 Å². The molecule has 0 spiro atoms. The third-order valence-corrected chi connectivity index (χ3v) is 2.62. The van der Waals surface area contributed by atoms with Crippen LogP contribution in [0.15, 0.2) is 6.07 Å². The number of carbonyl (C=O) groups excluding carboxylic acids is 1. The average molecular weight is 364 g/mol. The van der Waals surface area contributed by atoms with Crippen LogP contribution in [0.1, 0.15) is 28.0 Å². The fourth-order valence-corrected chi connectivity index (χ4v) is 1.80. The van der Waals surface area contributed by atoms with Gasteiger partial charge in [-0.25, -0.2) is 18.6 Å². The number of ether oxygens (including phenoxy) is 2. The van der Waals surface area contributed by atoms with Crippen LogP contribution in [0.2, 0.25) is 0 Å². The molecule has 0 N–H and O–H groups in total. The van der Waals surface area contributed by atoms with Gasteiger partial charge in [-0.05, 0) is 0 Å².